The van der Waals surface area contributed by atoms with Crippen molar-refractivity contribution in [2.24, 2.45) is 0 Å². The number of H-pyrrole nitrogens is 1. The molecule has 1 aliphatic heterocycles. The number of nitrogens with one attached hydrogen (secondary N) is 1. The maximum absolute atomic E-state index is 13.4. The molecule has 136 valence electrons. The highest BCUT2D eigenvalue weighted by molar-refractivity contribution is 7.97. The average molecular weight is 374 g/mol. The number of aromatic nitrogens is 1. The second kappa shape index (κ2) is 7.02. The van der Waals surface area contributed by atoms with Crippen LogP contribution in [0, 0.1) is 5.82 Å². The minimum Gasteiger partial charge on any atom is -0.394 e. The highest BCUT2D eigenvalue weighted by atomic mass is 32.2. The Bertz CT molecular complexity index is 946. The van der Waals surface area contributed by atoms with Gasteiger partial charge in [0, 0.05) is 34.1 Å². The van der Waals surface area contributed by atoms with E-state index >= 15 is 0 Å². The Kier molecular flexibility index (Phi) is 4.73. The summed E-state index contributed by atoms with van der Waals surface area (Å²) >= 11 is 1.47. The molecule has 0 aliphatic carbocycles. The zero-order chi connectivity index (χ0) is 18.3. The van der Waals surface area contributed by atoms with E-state index in [2.05, 4.69) is 4.98 Å². The zero-order valence-electron chi connectivity index (χ0n) is 13.9. The van der Waals surface area contributed by atoms with E-state index in [1.807, 2.05) is 28.7 Å². The van der Waals surface area contributed by atoms with Gasteiger partial charge in [0.2, 0.25) is 0 Å². The highest BCUT2D eigenvalue weighted by Crippen LogP contribution is 2.45. The minimum atomic E-state index is -0.853. The smallest absolute Gasteiger partial charge is 0.125 e. The van der Waals surface area contributed by atoms with E-state index in [1.54, 1.807) is 6.07 Å². The molecule has 0 saturated heterocycles. The lowest BCUT2D eigenvalue weighted by Crippen LogP contribution is -2.31. The largest absolute Gasteiger partial charge is 0.394 e. The molecule has 0 saturated carbocycles. The molecule has 2 heterocycles. The van der Waals surface area contributed by atoms with Crippen molar-refractivity contribution >= 4 is 22.9 Å². The Balaban J connectivity index is 1.71. The van der Waals surface area contributed by atoms with Crippen molar-refractivity contribution in [2.45, 2.75) is 17.0 Å². The fraction of sp³-hybridized carbons (Fsp3) is 0.263. The maximum Gasteiger partial charge on any atom is 0.125 e. The van der Waals surface area contributed by atoms with Crippen LogP contribution in [0.5, 0.6) is 0 Å². The number of nitrogens with zero attached hydrogens (tertiary/aromatic N) is 1. The number of aromatic amines is 1. The van der Waals surface area contributed by atoms with Gasteiger partial charge in [-0.05, 0) is 53.4 Å². The van der Waals surface area contributed by atoms with Crippen LogP contribution < -0.4 is 0 Å². The third-order valence-corrected chi connectivity index (χ3v) is 5.87. The van der Waals surface area contributed by atoms with Gasteiger partial charge < -0.3 is 20.3 Å². The first-order chi connectivity index (χ1) is 12.6. The van der Waals surface area contributed by atoms with Crippen LogP contribution in [-0.4, -0.2) is 50.5 Å². The minimum absolute atomic E-state index is 0.0826. The number of benzene rings is 2. The van der Waals surface area contributed by atoms with Crippen molar-refractivity contribution in [1.29, 1.82) is 0 Å². The Morgan fingerprint density at radius 3 is 2.81 bits per heavy atom. The third-order valence-electron chi connectivity index (χ3n) is 4.66. The first kappa shape index (κ1) is 17.5. The number of β-amino-alcohol motifs (C(OH)–C–C–N with tert-alkyl or cyclic N) is 1. The molecular formula is C19H19FN2O3S. The zero-order valence-corrected chi connectivity index (χ0v) is 14.7. The summed E-state index contributed by atoms with van der Waals surface area (Å²) in [6, 6.07) is 10.4. The summed E-state index contributed by atoms with van der Waals surface area (Å²) in [4.78, 5) is 4.11. The van der Waals surface area contributed by atoms with E-state index in [1.165, 1.54) is 24.1 Å². The standard InChI is InChI=1S/C19H19FN2O3S/c20-12-2-3-14-16(7-21-17(14)6-12)11-1-4-19-15(5-11)18(10-24)22(26-19)8-13(25)9-23/h1-7,13,18,21,23-25H,8-10H2. The highest BCUT2D eigenvalue weighted by Gasteiger charge is 2.32. The summed E-state index contributed by atoms with van der Waals surface area (Å²) in [7, 11) is 0. The van der Waals surface area contributed by atoms with Crippen LogP contribution in [0.4, 0.5) is 4.39 Å². The molecule has 5 nitrogen and oxygen atoms in total. The quantitative estimate of drug-likeness (QED) is 0.517. The monoisotopic (exact) mass is 374 g/mol. The normalized spacial score (nSPS) is 18.4. The van der Waals surface area contributed by atoms with Crippen molar-refractivity contribution in [3.63, 3.8) is 0 Å². The molecule has 0 spiro atoms. The summed E-state index contributed by atoms with van der Waals surface area (Å²) in [6.07, 6.45) is 1.00. The van der Waals surface area contributed by atoms with Gasteiger partial charge in [0.15, 0.2) is 0 Å². The predicted molar refractivity (Wildman–Crippen MR) is 99.2 cm³/mol. The van der Waals surface area contributed by atoms with Crippen LogP contribution in [0.2, 0.25) is 0 Å². The van der Waals surface area contributed by atoms with Gasteiger partial charge in [0.1, 0.15) is 5.82 Å². The van der Waals surface area contributed by atoms with Crippen molar-refractivity contribution in [2.75, 3.05) is 19.8 Å². The van der Waals surface area contributed by atoms with E-state index < -0.39 is 6.10 Å². The van der Waals surface area contributed by atoms with Crippen molar-refractivity contribution in [3.05, 3.63) is 54.0 Å². The van der Waals surface area contributed by atoms with Crippen LogP contribution in [0.15, 0.2) is 47.5 Å². The number of hydrogen-bond donors (Lipinski definition) is 4. The predicted octanol–water partition coefficient (Wildman–Crippen LogP) is 2.68. The second-order valence-electron chi connectivity index (χ2n) is 6.37. The summed E-state index contributed by atoms with van der Waals surface area (Å²) in [6.45, 7) is -0.133. The third kappa shape index (κ3) is 3.02. The maximum atomic E-state index is 13.4. The van der Waals surface area contributed by atoms with Crippen LogP contribution >= 0.6 is 11.9 Å². The fourth-order valence-corrected chi connectivity index (χ4v) is 4.60. The van der Waals surface area contributed by atoms with E-state index in [-0.39, 0.29) is 31.6 Å². The van der Waals surface area contributed by atoms with Crippen molar-refractivity contribution in [1.82, 2.24) is 9.29 Å². The average Bonchev–Trinajstić information content (AvgIpc) is 3.20. The molecule has 2 aromatic carbocycles. The van der Waals surface area contributed by atoms with Crippen molar-refractivity contribution < 1.29 is 19.7 Å². The molecule has 0 bridgehead atoms. The Morgan fingerprint density at radius 2 is 2.04 bits per heavy atom. The van der Waals surface area contributed by atoms with E-state index in [4.69, 9.17) is 5.11 Å². The molecule has 1 aliphatic rings. The first-order valence-electron chi connectivity index (χ1n) is 8.36. The summed E-state index contributed by atoms with van der Waals surface area (Å²) in [5.74, 6) is -0.283. The van der Waals surface area contributed by atoms with Crippen molar-refractivity contribution in [3.8, 4) is 11.1 Å². The molecule has 7 heteroatoms. The number of halogens is 1. The molecule has 2 unspecified atom stereocenters. The second-order valence-corrected chi connectivity index (χ2v) is 7.46. The molecule has 3 aromatic rings. The lowest BCUT2D eigenvalue weighted by molar-refractivity contribution is 0.0679. The molecule has 0 radical (unpaired) electrons. The Morgan fingerprint density at radius 1 is 1.19 bits per heavy atom. The van der Waals surface area contributed by atoms with Crippen LogP contribution in [0.1, 0.15) is 11.6 Å². The van der Waals surface area contributed by atoms with Crippen LogP contribution in [-0.2, 0) is 0 Å². The molecule has 1 aromatic heterocycles. The van der Waals surface area contributed by atoms with E-state index in [9.17, 15) is 14.6 Å². The lowest BCUT2D eigenvalue weighted by Gasteiger charge is -2.23. The van der Waals surface area contributed by atoms with Gasteiger partial charge in [-0.2, -0.15) is 0 Å². The van der Waals surface area contributed by atoms with Gasteiger partial charge in [-0.25, -0.2) is 8.70 Å². The molecule has 2 atom stereocenters. The number of aliphatic hydroxyl groups excluding tert-OH is 3. The van der Waals surface area contributed by atoms with Gasteiger partial charge >= 0.3 is 0 Å². The molecular weight excluding hydrogens is 355 g/mol. The van der Waals surface area contributed by atoms with Crippen LogP contribution in [0.3, 0.4) is 0 Å². The number of hydrogen-bond acceptors (Lipinski definition) is 5. The topological polar surface area (TPSA) is 79.7 Å². The van der Waals surface area contributed by atoms with Gasteiger partial charge in [-0.15, -0.1) is 0 Å². The SMILES string of the molecule is OCC(O)CN1Sc2ccc(-c3c[nH]c4cc(F)ccc34)cc2C1CO. The fourth-order valence-electron chi connectivity index (χ4n) is 3.36. The van der Waals surface area contributed by atoms with Gasteiger partial charge in [-0.1, -0.05) is 6.07 Å². The van der Waals surface area contributed by atoms with Gasteiger partial charge in [0.05, 0.1) is 25.4 Å². The molecule has 0 fully saturated rings. The van der Waals surface area contributed by atoms with E-state index in [0.29, 0.717) is 0 Å². The molecule has 26 heavy (non-hydrogen) atoms. The first-order valence-corrected chi connectivity index (χ1v) is 9.13. The Labute approximate surface area is 154 Å². The summed E-state index contributed by atoms with van der Waals surface area (Å²) in [5.41, 5.74) is 3.67. The molecule has 4 N–H and O–H groups in total. The number of aliphatic hydroxyl groups is 3. The van der Waals surface area contributed by atoms with Gasteiger partial charge in [-0.3, -0.25) is 0 Å². The summed E-state index contributed by atoms with van der Waals surface area (Å²) in [5, 5.41) is 29.6. The van der Waals surface area contributed by atoms with Gasteiger partial charge in [0.25, 0.3) is 0 Å². The lowest BCUT2D eigenvalue weighted by atomic mass is 9.99. The van der Waals surface area contributed by atoms with E-state index in [0.717, 1.165) is 32.5 Å². The molecule has 0 amide bonds. The Hall–Kier alpha value is -1.90. The van der Waals surface area contributed by atoms with Crippen LogP contribution in [0.25, 0.3) is 22.0 Å². The number of rotatable bonds is 5. The number of fused-ring (bicyclic) bond motifs is 2. The summed E-state index contributed by atoms with van der Waals surface area (Å²) < 4.78 is 15.3. The molecule has 4 rings (SSSR count).